The van der Waals surface area contributed by atoms with Crippen LogP contribution in [0.25, 0.3) is 0 Å². The lowest BCUT2D eigenvalue weighted by Crippen LogP contribution is -2.57. The molecule has 3 amide bonds. The highest BCUT2D eigenvalue weighted by atomic mass is 16.5. The third-order valence-corrected chi connectivity index (χ3v) is 7.29. The average molecular weight is 465 g/mol. The van der Waals surface area contributed by atoms with E-state index in [4.69, 9.17) is 4.74 Å². The SMILES string of the molecule is COCCN1C(=O)N(CCCc2cccnc2)C(=O)C12CCN(C[C@H](C)c1ccccc1)CC2. The van der Waals surface area contributed by atoms with Gasteiger partial charge in [-0.25, -0.2) is 4.79 Å². The van der Waals surface area contributed by atoms with Crippen LogP contribution in [0.15, 0.2) is 54.9 Å². The van der Waals surface area contributed by atoms with E-state index in [0.717, 1.165) is 38.0 Å². The van der Waals surface area contributed by atoms with Gasteiger partial charge in [0.15, 0.2) is 0 Å². The zero-order valence-electron chi connectivity index (χ0n) is 20.4. The van der Waals surface area contributed by atoms with Crippen molar-refractivity contribution in [3.8, 4) is 0 Å². The molecule has 0 radical (unpaired) electrons. The number of likely N-dealkylation sites (tertiary alicyclic amines) is 1. The van der Waals surface area contributed by atoms with E-state index in [1.807, 2.05) is 24.4 Å². The van der Waals surface area contributed by atoms with Gasteiger partial charge >= 0.3 is 6.03 Å². The summed E-state index contributed by atoms with van der Waals surface area (Å²) < 4.78 is 5.28. The molecule has 7 heteroatoms. The summed E-state index contributed by atoms with van der Waals surface area (Å²) in [6.07, 6.45) is 6.45. The zero-order valence-corrected chi connectivity index (χ0v) is 20.4. The van der Waals surface area contributed by atoms with Crippen molar-refractivity contribution in [2.45, 2.75) is 44.1 Å². The van der Waals surface area contributed by atoms with Gasteiger partial charge in [-0.3, -0.25) is 14.7 Å². The number of nitrogens with zero attached hydrogens (tertiary/aromatic N) is 4. The highest BCUT2D eigenvalue weighted by Crippen LogP contribution is 2.37. The number of hydrogen-bond acceptors (Lipinski definition) is 5. The van der Waals surface area contributed by atoms with E-state index in [2.05, 4.69) is 41.1 Å². The normalized spacial score (nSPS) is 19.2. The van der Waals surface area contributed by atoms with Crippen molar-refractivity contribution in [3.05, 3.63) is 66.0 Å². The number of pyridine rings is 1. The molecular weight excluding hydrogens is 428 g/mol. The van der Waals surface area contributed by atoms with Gasteiger partial charge < -0.3 is 14.5 Å². The molecule has 0 aliphatic carbocycles. The molecule has 2 fully saturated rings. The van der Waals surface area contributed by atoms with Crippen molar-refractivity contribution in [2.24, 2.45) is 0 Å². The summed E-state index contributed by atoms with van der Waals surface area (Å²) >= 11 is 0. The molecular formula is C27H36N4O3. The number of aromatic nitrogens is 1. The molecule has 7 nitrogen and oxygen atoms in total. The molecule has 0 unspecified atom stereocenters. The molecule has 34 heavy (non-hydrogen) atoms. The fraction of sp³-hybridized carbons (Fsp3) is 0.519. The molecule has 1 atom stereocenters. The summed E-state index contributed by atoms with van der Waals surface area (Å²) in [5.41, 5.74) is 1.71. The third-order valence-electron chi connectivity index (χ3n) is 7.29. The molecule has 1 aromatic heterocycles. The van der Waals surface area contributed by atoms with Crippen molar-refractivity contribution in [3.63, 3.8) is 0 Å². The molecule has 1 spiro atoms. The van der Waals surface area contributed by atoms with Gasteiger partial charge in [0.05, 0.1) is 6.61 Å². The summed E-state index contributed by atoms with van der Waals surface area (Å²) in [7, 11) is 1.63. The minimum Gasteiger partial charge on any atom is -0.383 e. The fourth-order valence-corrected chi connectivity index (χ4v) is 5.32. The maximum absolute atomic E-state index is 13.7. The van der Waals surface area contributed by atoms with Gasteiger partial charge in [-0.15, -0.1) is 0 Å². The number of rotatable bonds is 10. The third kappa shape index (κ3) is 5.15. The van der Waals surface area contributed by atoms with Crippen molar-refractivity contribution in [2.75, 3.05) is 46.4 Å². The second-order valence-corrected chi connectivity index (χ2v) is 9.49. The smallest absolute Gasteiger partial charge is 0.327 e. The first-order valence-corrected chi connectivity index (χ1v) is 12.3. The van der Waals surface area contributed by atoms with Gasteiger partial charge in [-0.1, -0.05) is 43.3 Å². The molecule has 2 aromatic rings. The van der Waals surface area contributed by atoms with Crippen LogP contribution in [0.1, 0.15) is 43.2 Å². The first kappa shape index (κ1) is 24.4. The maximum atomic E-state index is 13.7. The molecule has 2 aliphatic rings. The standard InChI is InChI=1S/C27H36N4O3/c1-22(24-10-4-3-5-11-24)21-29-16-12-27(13-17-29)25(32)30(26(33)31(27)18-19-34-2)15-7-9-23-8-6-14-28-20-23/h3-6,8,10-11,14,20,22H,7,9,12-13,15-19,21H2,1-2H3/t22-/m0/s1. The number of piperidine rings is 1. The van der Waals surface area contributed by atoms with Crippen molar-refractivity contribution in [1.29, 1.82) is 0 Å². The molecule has 182 valence electrons. The first-order chi connectivity index (χ1) is 16.5. The second kappa shape index (κ2) is 11.1. The first-order valence-electron chi connectivity index (χ1n) is 12.3. The molecule has 0 saturated carbocycles. The van der Waals surface area contributed by atoms with Crippen LogP contribution in [0.3, 0.4) is 0 Å². The number of methoxy groups -OCH3 is 1. The number of aryl methyl sites for hydroxylation is 1. The lowest BCUT2D eigenvalue weighted by Gasteiger charge is -2.42. The molecule has 0 bridgehead atoms. The van der Waals surface area contributed by atoms with Crippen LogP contribution in [0.5, 0.6) is 0 Å². The van der Waals surface area contributed by atoms with Crippen LogP contribution in [-0.4, -0.2) is 83.6 Å². The number of hydrogen-bond donors (Lipinski definition) is 0. The molecule has 2 aliphatic heterocycles. The van der Waals surface area contributed by atoms with Crippen molar-refractivity contribution < 1.29 is 14.3 Å². The maximum Gasteiger partial charge on any atom is 0.327 e. The monoisotopic (exact) mass is 464 g/mol. The Hall–Kier alpha value is -2.77. The minimum atomic E-state index is -0.740. The Balaban J connectivity index is 1.40. The van der Waals surface area contributed by atoms with E-state index in [9.17, 15) is 9.59 Å². The highest BCUT2D eigenvalue weighted by molar-refractivity contribution is 6.07. The quantitative estimate of drug-likeness (QED) is 0.503. The number of benzene rings is 1. The Bertz CT molecular complexity index is 945. The van der Waals surface area contributed by atoms with Crippen LogP contribution < -0.4 is 0 Å². The van der Waals surface area contributed by atoms with Gasteiger partial charge in [0.2, 0.25) is 0 Å². The number of amides is 3. The molecule has 4 rings (SSSR count). The Morgan fingerprint density at radius 1 is 1.06 bits per heavy atom. The summed E-state index contributed by atoms with van der Waals surface area (Å²) in [6.45, 7) is 6.13. The van der Waals surface area contributed by atoms with E-state index in [1.54, 1.807) is 18.2 Å². The van der Waals surface area contributed by atoms with Crippen LogP contribution in [0.2, 0.25) is 0 Å². The summed E-state index contributed by atoms with van der Waals surface area (Å²) in [4.78, 5) is 36.8. The largest absolute Gasteiger partial charge is 0.383 e. The minimum absolute atomic E-state index is 0.0319. The predicted octanol–water partition coefficient (Wildman–Crippen LogP) is 3.56. The summed E-state index contributed by atoms with van der Waals surface area (Å²) in [5, 5.41) is 0. The number of carbonyl (C=O) groups is 2. The van der Waals surface area contributed by atoms with Crippen LogP contribution in [0, 0.1) is 0 Å². The van der Waals surface area contributed by atoms with E-state index < -0.39 is 5.54 Å². The predicted molar refractivity (Wildman–Crippen MR) is 132 cm³/mol. The van der Waals surface area contributed by atoms with Crippen LogP contribution in [-0.2, 0) is 16.0 Å². The summed E-state index contributed by atoms with van der Waals surface area (Å²) in [6, 6.07) is 14.3. The van der Waals surface area contributed by atoms with E-state index in [0.29, 0.717) is 38.5 Å². The Morgan fingerprint density at radius 3 is 2.50 bits per heavy atom. The van der Waals surface area contributed by atoms with E-state index >= 15 is 0 Å². The van der Waals surface area contributed by atoms with E-state index in [-0.39, 0.29) is 11.9 Å². The highest BCUT2D eigenvalue weighted by Gasteiger charge is 2.57. The zero-order chi connectivity index (χ0) is 24.0. The number of ether oxygens (including phenoxy) is 1. The van der Waals surface area contributed by atoms with Crippen LogP contribution in [0.4, 0.5) is 4.79 Å². The van der Waals surface area contributed by atoms with Gasteiger partial charge in [-0.2, -0.15) is 0 Å². The Labute approximate surface area is 202 Å². The number of imide groups is 1. The summed E-state index contributed by atoms with van der Waals surface area (Å²) in [5.74, 6) is 0.389. The Morgan fingerprint density at radius 2 is 1.82 bits per heavy atom. The lowest BCUT2D eigenvalue weighted by molar-refractivity contribution is -0.135. The second-order valence-electron chi connectivity index (χ2n) is 9.49. The van der Waals surface area contributed by atoms with Crippen molar-refractivity contribution in [1.82, 2.24) is 19.7 Å². The van der Waals surface area contributed by atoms with Gasteiger partial charge in [-0.05, 0) is 48.8 Å². The van der Waals surface area contributed by atoms with Crippen LogP contribution >= 0.6 is 0 Å². The topological polar surface area (TPSA) is 66.0 Å². The Kier molecular flexibility index (Phi) is 7.95. The van der Waals surface area contributed by atoms with Gasteiger partial charge in [0, 0.05) is 52.2 Å². The molecule has 0 N–H and O–H groups in total. The van der Waals surface area contributed by atoms with E-state index in [1.165, 1.54) is 10.5 Å². The molecule has 2 saturated heterocycles. The number of urea groups is 1. The fourth-order valence-electron chi connectivity index (χ4n) is 5.32. The lowest BCUT2D eigenvalue weighted by atomic mass is 9.85. The van der Waals surface area contributed by atoms with Gasteiger partial charge in [0.1, 0.15) is 5.54 Å². The molecule has 3 heterocycles. The number of carbonyl (C=O) groups excluding carboxylic acids is 2. The average Bonchev–Trinajstić information content (AvgIpc) is 3.06. The van der Waals surface area contributed by atoms with Crippen molar-refractivity contribution >= 4 is 11.9 Å². The van der Waals surface area contributed by atoms with Gasteiger partial charge in [0.25, 0.3) is 5.91 Å². The molecule has 1 aromatic carbocycles.